The minimum atomic E-state index is -0.0919. The summed E-state index contributed by atoms with van der Waals surface area (Å²) in [5.41, 5.74) is 2.87. The molecule has 2 aliphatic heterocycles. The van der Waals surface area contributed by atoms with Gasteiger partial charge in [-0.05, 0) is 46.0 Å². The summed E-state index contributed by atoms with van der Waals surface area (Å²) in [7, 11) is 0. The van der Waals surface area contributed by atoms with Crippen molar-refractivity contribution >= 4 is 5.91 Å². The molecule has 1 aromatic heterocycles. The van der Waals surface area contributed by atoms with Crippen LogP contribution >= 0.6 is 0 Å². The standard InChI is InChI=1S/C18H28N4O2/c1-12-13(2)20-17(14(3)19-12)18(23)21-16-4-7-22(8-5-16)10-15-6-9-24-11-15/h15-16H,4-11H2,1-3H3,(H,21,23). The maximum atomic E-state index is 12.5. The van der Waals surface area contributed by atoms with Crippen molar-refractivity contribution in [2.24, 2.45) is 5.92 Å². The fourth-order valence-corrected chi connectivity index (χ4v) is 3.54. The molecule has 0 saturated carbocycles. The molecule has 1 aromatic rings. The Kier molecular flexibility index (Phi) is 5.46. The van der Waals surface area contributed by atoms with Crippen LogP contribution in [0.25, 0.3) is 0 Å². The molecule has 2 aliphatic rings. The highest BCUT2D eigenvalue weighted by Crippen LogP contribution is 2.18. The smallest absolute Gasteiger partial charge is 0.271 e. The SMILES string of the molecule is Cc1nc(C)c(C(=O)NC2CCN(CC3CCOC3)CC2)nc1C. The van der Waals surface area contributed by atoms with E-state index in [-0.39, 0.29) is 11.9 Å². The Bertz CT molecular complexity index is 591. The first kappa shape index (κ1) is 17.3. The van der Waals surface area contributed by atoms with Crippen LogP contribution < -0.4 is 5.32 Å². The van der Waals surface area contributed by atoms with E-state index in [4.69, 9.17) is 4.74 Å². The summed E-state index contributed by atoms with van der Waals surface area (Å²) in [6, 6.07) is 0.233. The van der Waals surface area contributed by atoms with Gasteiger partial charge in [0, 0.05) is 32.3 Å². The molecule has 6 heteroatoms. The van der Waals surface area contributed by atoms with Crippen LogP contribution in [-0.2, 0) is 4.74 Å². The van der Waals surface area contributed by atoms with Gasteiger partial charge < -0.3 is 15.0 Å². The van der Waals surface area contributed by atoms with Gasteiger partial charge in [-0.2, -0.15) is 0 Å². The third-order valence-corrected chi connectivity index (χ3v) is 5.16. The molecule has 24 heavy (non-hydrogen) atoms. The zero-order chi connectivity index (χ0) is 17.1. The molecule has 2 fully saturated rings. The summed E-state index contributed by atoms with van der Waals surface area (Å²) in [5, 5.41) is 3.14. The molecule has 1 N–H and O–H groups in total. The third kappa shape index (κ3) is 4.11. The number of hydrogen-bond donors (Lipinski definition) is 1. The molecule has 3 rings (SSSR count). The second-order valence-electron chi connectivity index (χ2n) is 7.11. The molecule has 132 valence electrons. The van der Waals surface area contributed by atoms with E-state index in [1.165, 1.54) is 6.42 Å². The molecule has 3 heterocycles. The summed E-state index contributed by atoms with van der Waals surface area (Å²) in [5.74, 6) is 0.593. The van der Waals surface area contributed by atoms with Crippen LogP contribution in [0.3, 0.4) is 0 Å². The van der Waals surface area contributed by atoms with Crippen LogP contribution in [0.4, 0.5) is 0 Å². The predicted molar refractivity (Wildman–Crippen MR) is 92.1 cm³/mol. The summed E-state index contributed by atoms with van der Waals surface area (Å²) < 4.78 is 5.45. The molecule has 1 atom stereocenters. The second-order valence-corrected chi connectivity index (χ2v) is 7.11. The lowest BCUT2D eigenvalue weighted by Gasteiger charge is -2.33. The van der Waals surface area contributed by atoms with Gasteiger partial charge in [0.2, 0.25) is 0 Å². The quantitative estimate of drug-likeness (QED) is 0.908. The number of aromatic nitrogens is 2. The Labute approximate surface area is 144 Å². The monoisotopic (exact) mass is 332 g/mol. The predicted octanol–water partition coefficient (Wildman–Crippen LogP) is 1.63. The Hall–Kier alpha value is -1.53. The minimum absolute atomic E-state index is 0.0919. The van der Waals surface area contributed by atoms with E-state index in [1.807, 2.05) is 20.8 Å². The van der Waals surface area contributed by atoms with Gasteiger partial charge in [0.15, 0.2) is 0 Å². The number of likely N-dealkylation sites (tertiary alicyclic amines) is 1. The zero-order valence-electron chi connectivity index (χ0n) is 15.0. The van der Waals surface area contributed by atoms with Gasteiger partial charge in [0.05, 0.1) is 23.7 Å². The Morgan fingerprint density at radius 2 is 1.83 bits per heavy atom. The Morgan fingerprint density at radius 1 is 1.12 bits per heavy atom. The van der Waals surface area contributed by atoms with Gasteiger partial charge in [-0.3, -0.25) is 9.78 Å². The van der Waals surface area contributed by atoms with E-state index in [0.29, 0.717) is 17.3 Å². The first-order chi connectivity index (χ1) is 11.5. The Balaban J connectivity index is 1.50. The number of aryl methyl sites for hydroxylation is 3. The average molecular weight is 332 g/mol. The van der Waals surface area contributed by atoms with Crippen LogP contribution in [0.15, 0.2) is 0 Å². The van der Waals surface area contributed by atoms with Crippen LogP contribution in [0.2, 0.25) is 0 Å². The number of carbonyl (C=O) groups is 1. The number of carbonyl (C=O) groups excluding carboxylic acids is 1. The minimum Gasteiger partial charge on any atom is -0.381 e. The number of ether oxygens (including phenoxy) is 1. The van der Waals surface area contributed by atoms with Crippen molar-refractivity contribution in [2.75, 3.05) is 32.8 Å². The molecule has 6 nitrogen and oxygen atoms in total. The van der Waals surface area contributed by atoms with Gasteiger partial charge in [0.25, 0.3) is 5.91 Å². The summed E-state index contributed by atoms with van der Waals surface area (Å²) >= 11 is 0. The number of amides is 1. The largest absolute Gasteiger partial charge is 0.381 e. The first-order valence-corrected chi connectivity index (χ1v) is 8.95. The van der Waals surface area contributed by atoms with Crippen molar-refractivity contribution in [3.05, 3.63) is 22.8 Å². The lowest BCUT2D eigenvalue weighted by Crippen LogP contribution is -2.46. The van der Waals surface area contributed by atoms with Gasteiger partial charge in [-0.1, -0.05) is 0 Å². The van der Waals surface area contributed by atoms with E-state index in [9.17, 15) is 4.79 Å². The van der Waals surface area contributed by atoms with Crippen molar-refractivity contribution in [2.45, 2.75) is 46.1 Å². The number of hydrogen-bond acceptors (Lipinski definition) is 5. The fourth-order valence-electron chi connectivity index (χ4n) is 3.54. The molecule has 0 bridgehead atoms. The lowest BCUT2D eigenvalue weighted by atomic mass is 10.0. The summed E-state index contributed by atoms with van der Waals surface area (Å²) in [6.45, 7) is 10.7. The molecule has 1 unspecified atom stereocenters. The number of piperidine rings is 1. The molecule has 1 amide bonds. The van der Waals surface area contributed by atoms with Gasteiger partial charge in [-0.15, -0.1) is 0 Å². The highest BCUT2D eigenvalue weighted by atomic mass is 16.5. The van der Waals surface area contributed by atoms with Crippen molar-refractivity contribution in [1.82, 2.24) is 20.2 Å². The summed E-state index contributed by atoms with van der Waals surface area (Å²) in [4.78, 5) is 23.9. The maximum Gasteiger partial charge on any atom is 0.271 e. The van der Waals surface area contributed by atoms with Gasteiger partial charge in [0.1, 0.15) is 5.69 Å². The van der Waals surface area contributed by atoms with Crippen LogP contribution in [0.1, 0.15) is 46.8 Å². The molecular formula is C18H28N4O2. The average Bonchev–Trinajstić information content (AvgIpc) is 3.05. The van der Waals surface area contributed by atoms with Crippen molar-refractivity contribution < 1.29 is 9.53 Å². The normalized spacial score (nSPS) is 22.7. The van der Waals surface area contributed by atoms with E-state index in [1.54, 1.807) is 0 Å². The van der Waals surface area contributed by atoms with Crippen LogP contribution in [0, 0.1) is 26.7 Å². The molecule has 0 aromatic carbocycles. The highest BCUT2D eigenvalue weighted by Gasteiger charge is 2.25. The summed E-state index contributed by atoms with van der Waals surface area (Å²) in [6.07, 6.45) is 3.18. The zero-order valence-corrected chi connectivity index (χ0v) is 15.0. The van der Waals surface area contributed by atoms with E-state index in [0.717, 1.165) is 57.1 Å². The van der Waals surface area contributed by atoms with Crippen molar-refractivity contribution in [3.63, 3.8) is 0 Å². The van der Waals surface area contributed by atoms with Crippen molar-refractivity contribution in [1.29, 1.82) is 0 Å². The lowest BCUT2D eigenvalue weighted by molar-refractivity contribution is 0.0897. The number of nitrogens with one attached hydrogen (secondary N) is 1. The number of nitrogens with zero attached hydrogens (tertiary/aromatic N) is 3. The van der Waals surface area contributed by atoms with Crippen LogP contribution in [0.5, 0.6) is 0 Å². The molecule has 0 spiro atoms. The molecule has 2 saturated heterocycles. The third-order valence-electron chi connectivity index (χ3n) is 5.16. The van der Waals surface area contributed by atoms with E-state index >= 15 is 0 Å². The molecule has 0 radical (unpaired) electrons. The van der Waals surface area contributed by atoms with Crippen LogP contribution in [-0.4, -0.2) is 59.7 Å². The molecule has 0 aliphatic carbocycles. The van der Waals surface area contributed by atoms with Gasteiger partial charge >= 0.3 is 0 Å². The number of rotatable bonds is 4. The van der Waals surface area contributed by atoms with Crippen molar-refractivity contribution in [3.8, 4) is 0 Å². The molecular weight excluding hydrogens is 304 g/mol. The first-order valence-electron chi connectivity index (χ1n) is 8.95. The fraction of sp³-hybridized carbons (Fsp3) is 0.722. The maximum absolute atomic E-state index is 12.5. The Morgan fingerprint density at radius 3 is 2.50 bits per heavy atom. The highest BCUT2D eigenvalue weighted by molar-refractivity contribution is 5.93. The second kappa shape index (κ2) is 7.57. The van der Waals surface area contributed by atoms with E-state index in [2.05, 4.69) is 20.2 Å². The topological polar surface area (TPSA) is 67.4 Å². The van der Waals surface area contributed by atoms with E-state index < -0.39 is 0 Å². The van der Waals surface area contributed by atoms with Gasteiger partial charge in [-0.25, -0.2) is 4.98 Å².